The molecule has 0 atom stereocenters. The van der Waals surface area contributed by atoms with Gasteiger partial charge in [0.15, 0.2) is 5.03 Å². The summed E-state index contributed by atoms with van der Waals surface area (Å²) in [5, 5.41) is 0.997. The molecule has 0 spiro atoms. The number of hydrogen-bond donors (Lipinski definition) is 1. The van der Waals surface area contributed by atoms with Gasteiger partial charge in [0.25, 0.3) is 10.0 Å². The van der Waals surface area contributed by atoms with Crippen LogP contribution in [-0.2, 0) is 10.0 Å². The fraction of sp³-hybridized carbons (Fsp3) is 0.0714. The number of rotatable bonds is 3. The number of sulfonamides is 1. The normalized spacial score (nSPS) is 11.7. The lowest BCUT2D eigenvalue weighted by atomic mass is 10.2. The van der Waals surface area contributed by atoms with Crippen LogP contribution in [0.1, 0.15) is 0 Å². The SMILES string of the molecule is CN(c1cccc2cc[nH]c12)S(=O)(=O)c1ccccn1. The van der Waals surface area contributed by atoms with Crippen LogP contribution in [0.25, 0.3) is 10.9 Å². The molecule has 3 rings (SSSR count). The Morgan fingerprint density at radius 2 is 1.95 bits per heavy atom. The molecule has 2 heterocycles. The van der Waals surface area contributed by atoms with E-state index in [-0.39, 0.29) is 5.03 Å². The number of nitrogens with one attached hydrogen (secondary N) is 1. The van der Waals surface area contributed by atoms with E-state index >= 15 is 0 Å². The van der Waals surface area contributed by atoms with E-state index in [1.54, 1.807) is 24.4 Å². The van der Waals surface area contributed by atoms with Crippen LogP contribution in [-0.4, -0.2) is 25.4 Å². The summed E-state index contributed by atoms with van der Waals surface area (Å²) < 4.78 is 26.3. The van der Waals surface area contributed by atoms with Crippen molar-refractivity contribution < 1.29 is 8.42 Å². The van der Waals surface area contributed by atoms with E-state index in [1.807, 2.05) is 18.2 Å². The number of para-hydroxylation sites is 1. The second kappa shape index (κ2) is 4.64. The molecule has 0 fully saturated rings. The van der Waals surface area contributed by atoms with Gasteiger partial charge in [-0.3, -0.25) is 4.31 Å². The van der Waals surface area contributed by atoms with Crippen LogP contribution < -0.4 is 4.31 Å². The minimum Gasteiger partial charge on any atom is -0.359 e. The number of pyridine rings is 1. The van der Waals surface area contributed by atoms with E-state index in [4.69, 9.17) is 0 Å². The van der Waals surface area contributed by atoms with Gasteiger partial charge in [-0.05, 0) is 24.3 Å². The zero-order chi connectivity index (χ0) is 14.2. The van der Waals surface area contributed by atoms with E-state index in [0.29, 0.717) is 5.69 Å². The standard InChI is InChI=1S/C14H13N3O2S/c1-17(20(18,19)13-7-2-3-9-15-13)12-6-4-5-11-8-10-16-14(11)12/h2-10,16H,1H3. The van der Waals surface area contributed by atoms with Gasteiger partial charge in [-0.1, -0.05) is 18.2 Å². The Labute approximate surface area is 116 Å². The molecule has 0 aliphatic heterocycles. The summed E-state index contributed by atoms with van der Waals surface area (Å²) in [6.07, 6.45) is 3.26. The molecule has 0 aliphatic carbocycles. The zero-order valence-electron chi connectivity index (χ0n) is 10.8. The van der Waals surface area contributed by atoms with Crippen LogP contribution in [0.2, 0.25) is 0 Å². The molecule has 0 saturated heterocycles. The fourth-order valence-electron chi connectivity index (χ4n) is 2.10. The van der Waals surface area contributed by atoms with Crippen LogP contribution in [0.4, 0.5) is 5.69 Å². The highest BCUT2D eigenvalue weighted by molar-refractivity contribution is 7.92. The molecule has 1 aromatic carbocycles. The molecule has 2 aromatic heterocycles. The van der Waals surface area contributed by atoms with Crippen molar-refractivity contribution in [3.05, 3.63) is 54.9 Å². The molecule has 20 heavy (non-hydrogen) atoms. The average molecular weight is 287 g/mol. The number of aromatic amines is 1. The monoisotopic (exact) mass is 287 g/mol. The molecule has 0 radical (unpaired) electrons. The van der Waals surface area contributed by atoms with E-state index in [0.717, 1.165) is 10.9 Å². The van der Waals surface area contributed by atoms with Crippen molar-refractivity contribution in [1.82, 2.24) is 9.97 Å². The Balaban J connectivity index is 2.13. The van der Waals surface area contributed by atoms with Crippen molar-refractivity contribution in [2.24, 2.45) is 0 Å². The molecule has 0 amide bonds. The minimum absolute atomic E-state index is 0.0334. The van der Waals surface area contributed by atoms with Crippen LogP contribution in [0.15, 0.2) is 59.9 Å². The lowest BCUT2D eigenvalue weighted by Gasteiger charge is -2.19. The summed E-state index contributed by atoms with van der Waals surface area (Å²) in [7, 11) is -2.13. The van der Waals surface area contributed by atoms with E-state index in [1.165, 1.54) is 23.6 Å². The molecule has 6 heteroatoms. The summed E-state index contributed by atoms with van der Waals surface area (Å²) in [4.78, 5) is 6.99. The molecule has 0 bridgehead atoms. The van der Waals surface area contributed by atoms with Crippen LogP contribution in [0.3, 0.4) is 0 Å². The molecule has 1 N–H and O–H groups in total. The van der Waals surface area contributed by atoms with Crippen molar-refractivity contribution in [1.29, 1.82) is 0 Å². The first-order valence-electron chi connectivity index (χ1n) is 6.07. The number of nitrogens with zero attached hydrogens (tertiary/aromatic N) is 2. The van der Waals surface area contributed by atoms with Crippen LogP contribution >= 0.6 is 0 Å². The minimum atomic E-state index is -3.66. The van der Waals surface area contributed by atoms with Gasteiger partial charge >= 0.3 is 0 Å². The average Bonchev–Trinajstić information content (AvgIpc) is 2.95. The van der Waals surface area contributed by atoms with Gasteiger partial charge in [0.1, 0.15) is 0 Å². The van der Waals surface area contributed by atoms with Crippen LogP contribution in [0, 0.1) is 0 Å². The Kier molecular flexibility index (Phi) is 2.94. The van der Waals surface area contributed by atoms with Crippen molar-refractivity contribution in [3.63, 3.8) is 0 Å². The van der Waals surface area contributed by atoms with Crippen molar-refractivity contribution in [2.45, 2.75) is 5.03 Å². The lowest BCUT2D eigenvalue weighted by molar-refractivity contribution is 0.590. The third-order valence-corrected chi connectivity index (χ3v) is 4.85. The summed E-state index contributed by atoms with van der Waals surface area (Å²) in [5.41, 5.74) is 1.38. The van der Waals surface area contributed by atoms with E-state index < -0.39 is 10.0 Å². The number of hydrogen-bond acceptors (Lipinski definition) is 3. The Bertz CT molecular complexity index is 841. The van der Waals surface area contributed by atoms with Crippen LogP contribution in [0.5, 0.6) is 0 Å². The topological polar surface area (TPSA) is 66.1 Å². The predicted octanol–water partition coefficient (Wildman–Crippen LogP) is 2.39. The van der Waals surface area contributed by atoms with Gasteiger partial charge < -0.3 is 4.98 Å². The largest absolute Gasteiger partial charge is 0.359 e. The smallest absolute Gasteiger partial charge is 0.281 e. The van der Waals surface area contributed by atoms with Gasteiger partial charge in [0.2, 0.25) is 0 Å². The summed E-state index contributed by atoms with van der Waals surface area (Å²) in [5.74, 6) is 0. The molecule has 3 aromatic rings. The van der Waals surface area contributed by atoms with E-state index in [2.05, 4.69) is 9.97 Å². The van der Waals surface area contributed by atoms with Crippen molar-refractivity contribution >= 4 is 26.6 Å². The maximum absolute atomic E-state index is 12.5. The fourth-order valence-corrected chi connectivity index (χ4v) is 3.24. The first kappa shape index (κ1) is 12.7. The first-order chi connectivity index (χ1) is 9.60. The second-order valence-electron chi connectivity index (χ2n) is 4.36. The van der Waals surface area contributed by atoms with Crippen molar-refractivity contribution in [3.8, 4) is 0 Å². The first-order valence-corrected chi connectivity index (χ1v) is 7.51. The number of aromatic nitrogens is 2. The number of benzene rings is 1. The number of H-pyrrole nitrogens is 1. The summed E-state index contributed by atoms with van der Waals surface area (Å²) in [6, 6.07) is 12.3. The summed E-state index contributed by atoms with van der Waals surface area (Å²) >= 11 is 0. The highest BCUT2D eigenvalue weighted by Crippen LogP contribution is 2.28. The Morgan fingerprint density at radius 1 is 1.10 bits per heavy atom. The molecule has 0 saturated carbocycles. The van der Waals surface area contributed by atoms with Gasteiger partial charge in [-0.25, -0.2) is 4.98 Å². The van der Waals surface area contributed by atoms with Gasteiger partial charge in [0, 0.05) is 24.8 Å². The third-order valence-electron chi connectivity index (χ3n) is 3.17. The Morgan fingerprint density at radius 3 is 2.70 bits per heavy atom. The zero-order valence-corrected chi connectivity index (χ0v) is 11.6. The predicted molar refractivity (Wildman–Crippen MR) is 78.1 cm³/mol. The third kappa shape index (κ3) is 1.94. The Hall–Kier alpha value is -2.34. The maximum atomic E-state index is 12.5. The molecule has 0 unspecified atom stereocenters. The van der Waals surface area contributed by atoms with E-state index in [9.17, 15) is 8.42 Å². The quantitative estimate of drug-likeness (QED) is 0.804. The van der Waals surface area contributed by atoms with Gasteiger partial charge in [-0.2, -0.15) is 8.42 Å². The molecule has 5 nitrogen and oxygen atoms in total. The molecule has 102 valence electrons. The highest BCUT2D eigenvalue weighted by Gasteiger charge is 2.23. The molecular weight excluding hydrogens is 274 g/mol. The molecule has 0 aliphatic rings. The second-order valence-corrected chi connectivity index (χ2v) is 6.28. The molecular formula is C14H13N3O2S. The maximum Gasteiger partial charge on any atom is 0.281 e. The van der Waals surface area contributed by atoms with Gasteiger partial charge in [0.05, 0.1) is 11.2 Å². The number of fused-ring (bicyclic) bond motifs is 1. The lowest BCUT2D eigenvalue weighted by Crippen LogP contribution is -2.27. The van der Waals surface area contributed by atoms with Crippen molar-refractivity contribution in [2.75, 3.05) is 11.4 Å². The highest BCUT2D eigenvalue weighted by atomic mass is 32.2. The number of anilines is 1. The van der Waals surface area contributed by atoms with Gasteiger partial charge in [-0.15, -0.1) is 0 Å². The summed E-state index contributed by atoms with van der Waals surface area (Å²) in [6.45, 7) is 0.